The number of pyridine rings is 1. The van der Waals surface area contributed by atoms with E-state index in [9.17, 15) is 4.79 Å². The summed E-state index contributed by atoms with van der Waals surface area (Å²) in [5, 5.41) is 5.13. The lowest BCUT2D eigenvalue weighted by molar-refractivity contribution is -0.118. The van der Waals surface area contributed by atoms with Crippen LogP contribution in [-0.4, -0.2) is 21.9 Å². The summed E-state index contributed by atoms with van der Waals surface area (Å²) in [7, 11) is 0. The van der Waals surface area contributed by atoms with E-state index in [1.807, 2.05) is 37.4 Å². The standard InChI is InChI=1S/C13H16N4OS/c1-8(2)11(14)12(18)17-13-16-10(7-19-13)9-5-3-4-6-15-9/h3-8,11H,14H2,1-2H3,(H,16,17,18)/t11-/m0/s1. The fourth-order valence-corrected chi connectivity index (χ4v) is 2.16. The van der Waals surface area contributed by atoms with Crippen molar-refractivity contribution in [3.05, 3.63) is 29.8 Å². The van der Waals surface area contributed by atoms with Gasteiger partial charge in [-0.3, -0.25) is 9.78 Å². The number of anilines is 1. The summed E-state index contributed by atoms with van der Waals surface area (Å²) in [6.07, 6.45) is 1.71. The first-order valence-corrected chi connectivity index (χ1v) is 6.89. The lowest BCUT2D eigenvalue weighted by Gasteiger charge is -2.13. The SMILES string of the molecule is CC(C)[C@H](N)C(=O)Nc1nc(-c2ccccn2)cs1. The van der Waals surface area contributed by atoms with Gasteiger partial charge in [-0.15, -0.1) is 11.3 Å². The Balaban J connectivity index is 2.08. The maximum atomic E-state index is 11.8. The van der Waals surface area contributed by atoms with E-state index in [0.29, 0.717) is 5.13 Å². The Labute approximate surface area is 115 Å². The zero-order chi connectivity index (χ0) is 13.8. The molecule has 1 amide bonds. The minimum absolute atomic E-state index is 0.0928. The third-order valence-electron chi connectivity index (χ3n) is 2.68. The Morgan fingerprint density at radius 3 is 2.79 bits per heavy atom. The summed E-state index contributed by atoms with van der Waals surface area (Å²) in [5.74, 6) is -0.118. The van der Waals surface area contributed by atoms with Crippen molar-refractivity contribution in [1.29, 1.82) is 0 Å². The van der Waals surface area contributed by atoms with Crippen LogP contribution in [-0.2, 0) is 4.79 Å². The molecule has 2 aromatic heterocycles. The predicted molar refractivity (Wildman–Crippen MR) is 76.8 cm³/mol. The fraction of sp³-hybridized carbons (Fsp3) is 0.308. The van der Waals surface area contributed by atoms with Crippen molar-refractivity contribution in [3.63, 3.8) is 0 Å². The number of hydrogen-bond acceptors (Lipinski definition) is 5. The van der Waals surface area contributed by atoms with Gasteiger partial charge in [0.25, 0.3) is 0 Å². The number of hydrogen-bond donors (Lipinski definition) is 2. The molecular weight excluding hydrogens is 260 g/mol. The molecule has 1 atom stereocenters. The molecule has 0 spiro atoms. The predicted octanol–water partition coefficient (Wildman–Crippen LogP) is 2.13. The van der Waals surface area contributed by atoms with E-state index in [1.165, 1.54) is 11.3 Å². The highest BCUT2D eigenvalue weighted by Gasteiger charge is 2.18. The van der Waals surface area contributed by atoms with Gasteiger partial charge in [0, 0.05) is 11.6 Å². The van der Waals surface area contributed by atoms with E-state index in [4.69, 9.17) is 5.73 Å². The first-order valence-electron chi connectivity index (χ1n) is 6.01. The Morgan fingerprint density at radius 1 is 1.37 bits per heavy atom. The first kappa shape index (κ1) is 13.6. The van der Waals surface area contributed by atoms with Gasteiger partial charge in [-0.25, -0.2) is 4.98 Å². The second-order valence-corrected chi connectivity index (χ2v) is 5.37. The van der Waals surface area contributed by atoms with Gasteiger partial charge in [-0.05, 0) is 18.1 Å². The minimum Gasteiger partial charge on any atom is -0.320 e. The third-order valence-corrected chi connectivity index (χ3v) is 3.44. The number of carbonyl (C=O) groups excluding carboxylic acids is 1. The molecule has 0 aliphatic rings. The van der Waals surface area contributed by atoms with Gasteiger partial charge in [0.2, 0.25) is 5.91 Å². The molecule has 0 unspecified atom stereocenters. The molecule has 0 aliphatic heterocycles. The van der Waals surface area contributed by atoms with Gasteiger partial charge in [0.15, 0.2) is 5.13 Å². The van der Waals surface area contributed by atoms with Crippen molar-refractivity contribution in [1.82, 2.24) is 9.97 Å². The van der Waals surface area contributed by atoms with Crippen molar-refractivity contribution < 1.29 is 4.79 Å². The molecule has 0 aliphatic carbocycles. The highest BCUT2D eigenvalue weighted by atomic mass is 32.1. The van der Waals surface area contributed by atoms with Crippen LogP contribution >= 0.6 is 11.3 Å². The molecule has 100 valence electrons. The summed E-state index contributed by atoms with van der Waals surface area (Å²) in [4.78, 5) is 20.4. The molecular formula is C13H16N4OS. The maximum Gasteiger partial charge on any atom is 0.243 e. The monoisotopic (exact) mass is 276 g/mol. The highest BCUT2D eigenvalue weighted by molar-refractivity contribution is 7.14. The number of nitrogens with one attached hydrogen (secondary N) is 1. The van der Waals surface area contributed by atoms with Crippen LogP contribution in [0.4, 0.5) is 5.13 Å². The van der Waals surface area contributed by atoms with E-state index in [1.54, 1.807) is 6.20 Å². The van der Waals surface area contributed by atoms with Gasteiger partial charge in [-0.2, -0.15) is 0 Å². The number of thiazole rings is 1. The number of nitrogens with two attached hydrogens (primary N) is 1. The number of amides is 1. The maximum absolute atomic E-state index is 11.8. The van der Waals surface area contributed by atoms with E-state index in [2.05, 4.69) is 15.3 Å². The molecule has 2 aromatic rings. The van der Waals surface area contributed by atoms with Crippen LogP contribution in [0, 0.1) is 5.92 Å². The summed E-state index contributed by atoms with van der Waals surface area (Å²) in [5.41, 5.74) is 7.31. The normalized spacial score (nSPS) is 12.4. The molecule has 2 rings (SSSR count). The van der Waals surface area contributed by atoms with Crippen molar-refractivity contribution in [2.24, 2.45) is 11.7 Å². The molecule has 2 heterocycles. The van der Waals surface area contributed by atoms with Crippen LogP contribution in [0.15, 0.2) is 29.8 Å². The summed E-state index contributed by atoms with van der Waals surface area (Å²) < 4.78 is 0. The van der Waals surface area contributed by atoms with Crippen LogP contribution in [0.3, 0.4) is 0 Å². The quantitative estimate of drug-likeness (QED) is 0.896. The summed E-state index contributed by atoms with van der Waals surface area (Å²) >= 11 is 1.36. The van der Waals surface area contributed by atoms with Gasteiger partial charge >= 0.3 is 0 Å². The molecule has 0 fully saturated rings. The molecule has 5 nitrogen and oxygen atoms in total. The van der Waals surface area contributed by atoms with Crippen LogP contribution in [0.25, 0.3) is 11.4 Å². The first-order chi connectivity index (χ1) is 9.08. The van der Waals surface area contributed by atoms with Gasteiger partial charge in [-0.1, -0.05) is 19.9 Å². The third kappa shape index (κ3) is 3.36. The Bertz CT molecular complexity index is 553. The Hall–Kier alpha value is -1.79. The fourth-order valence-electron chi connectivity index (χ4n) is 1.45. The zero-order valence-corrected chi connectivity index (χ0v) is 11.6. The number of carbonyl (C=O) groups is 1. The largest absolute Gasteiger partial charge is 0.320 e. The van der Waals surface area contributed by atoms with Crippen molar-refractivity contribution >= 4 is 22.4 Å². The van der Waals surface area contributed by atoms with Crippen LogP contribution in [0.5, 0.6) is 0 Å². The average Bonchev–Trinajstić information content (AvgIpc) is 2.87. The number of rotatable bonds is 4. The Morgan fingerprint density at radius 2 is 2.16 bits per heavy atom. The van der Waals surface area contributed by atoms with Crippen LogP contribution in [0.2, 0.25) is 0 Å². The van der Waals surface area contributed by atoms with Gasteiger partial charge in [0.1, 0.15) is 5.69 Å². The topological polar surface area (TPSA) is 80.9 Å². The average molecular weight is 276 g/mol. The molecule has 0 saturated carbocycles. The van der Waals surface area contributed by atoms with Crippen molar-refractivity contribution in [3.8, 4) is 11.4 Å². The smallest absolute Gasteiger partial charge is 0.243 e. The molecule has 6 heteroatoms. The van der Waals surface area contributed by atoms with Gasteiger partial charge in [0.05, 0.1) is 11.7 Å². The lowest BCUT2D eigenvalue weighted by atomic mass is 10.1. The summed E-state index contributed by atoms with van der Waals surface area (Å²) in [6.45, 7) is 3.82. The molecule has 19 heavy (non-hydrogen) atoms. The highest BCUT2D eigenvalue weighted by Crippen LogP contribution is 2.23. The molecule has 3 N–H and O–H groups in total. The molecule has 0 bridgehead atoms. The van der Waals surface area contributed by atoms with Crippen molar-refractivity contribution in [2.45, 2.75) is 19.9 Å². The van der Waals surface area contributed by atoms with E-state index < -0.39 is 6.04 Å². The lowest BCUT2D eigenvalue weighted by Crippen LogP contribution is -2.39. The van der Waals surface area contributed by atoms with Crippen molar-refractivity contribution in [2.75, 3.05) is 5.32 Å². The zero-order valence-electron chi connectivity index (χ0n) is 10.8. The Kier molecular flexibility index (Phi) is 4.24. The molecule has 0 saturated heterocycles. The van der Waals surface area contributed by atoms with Crippen LogP contribution < -0.4 is 11.1 Å². The summed E-state index contributed by atoms with van der Waals surface area (Å²) in [6, 6.07) is 5.09. The van der Waals surface area contributed by atoms with Gasteiger partial charge < -0.3 is 11.1 Å². The number of nitrogens with zero attached hydrogens (tertiary/aromatic N) is 2. The van der Waals surface area contributed by atoms with E-state index in [0.717, 1.165) is 11.4 Å². The van der Waals surface area contributed by atoms with E-state index in [-0.39, 0.29) is 11.8 Å². The van der Waals surface area contributed by atoms with Crippen LogP contribution in [0.1, 0.15) is 13.8 Å². The van der Waals surface area contributed by atoms with E-state index >= 15 is 0 Å². The second-order valence-electron chi connectivity index (χ2n) is 4.51. The molecule has 0 radical (unpaired) electrons. The minimum atomic E-state index is -0.526. The number of aromatic nitrogens is 2. The second kappa shape index (κ2) is 5.90. The molecule has 0 aromatic carbocycles.